The van der Waals surface area contributed by atoms with Crippen LogP contribution in [0.15, 0.2) is 0 Å². The van der Waals surface area contributed by atoms with E-state index >= 15 is 0 Å². The maximum absolute atomic E-state index is 11.6. The van der Waals surface area contributed by atoms with Crippen molar-refractivity contribution >= 4 is 17.8 Å². The summed E-state index contributed by atoms with van der Waals surface area (Å²) in [5.74, 6) is -1.82. The second-order valence-electron chi connectivity index (χ2n) is 4.87. The molecule has 1 N–H and O–H groups in total. The van der Waals surface area contributed by atoms with Gasteiger partial charge in [0.05, 0.1) is 13.5 Å². The number of hydrogen-bond acceptors (Lipinski definition) is 6. The molecule has 0 aliphatic rings. The number of carbonyl (C=O) groups is 3. The van der Waals surface area contributed by atoms with E-state index in [1.807, 2.05) is 0 Å². The van der Waals surface area contributed by atoms with E-state index in [-0.39, 0.29) is 13.0 Å². The van der Waals surface area contributed by atoms with Crippen molar-refractivity contribution in [2.45, 2.75) is 38.8 Å². The molecule has 0 saturated carbocycles. The maximum atomic E-state index is 11.6. The first-order valence-corrected chi connectivity index (χ1v) is 5.77. The van der Waals surface area contributed by atoms with Crippen molar-refractivity contribution in [1.29, 1.82) is 0 Å². The van der Waals surface area contributed by atoms with E-state index < -0.39 is 29.5 Å². The van der Waals surface area contributed by atoms with E-state index in [1.165, 1.54) is 14.2 Å². The minimum atomic E-state index is -1.08. The number of amides is 1. The molecule has 7 nitrogen and oxygen atoms in total. The van der Waals surface area contributed by atoms with Gasteiger partial charge in [-0.3, -0.25) is 9.59 Å². The first-order chi connectivity index (χ1) is 8.69. The average Bonchev–Trinajstić information content (AvgIpc) is 2.24. The molecule has 0 aliphatic carbocycles. The van der Waals surface area contributed by atoms with Crippen molar-refractivity contribution < 1.29 is 28.6 Å². The highest BCUT2D eigenvalue weighted by atomic mass is 16.6. The molecule has 0 aliphatic heterocycles. The third kappa shape index (κ3) is 8.15. The van der Waals surface area contributed by atoms with Crippen LogP contribution in [0.25, 0.3) is 0 Å². The highest BCUT2D eigenvalue weighted by molar-refractivity contribution is 5.88. The van der Waals surface area contributed by atoms with Gasteiger partial charge in [-0.25, -0.2) is 4.79 Å². The molecule has 0 rings (SSSR count). The summed E-state index contributed by atoms with van der Waals surface area (Å²) < 4.78 is 14.2. The molecule has 0 aromatic carbocycles. The lowest BCUT2D eigenvalue weighted by Crippen LogP contribution is -2.45. The van der Waals surface area contributed by atoms with Gasteiger partial charge in [-0.2, -0.15) is 0 Å². The largest absolute Gasteiger partial charge is 0.467 e. The molecule has 0 radical (unpaired) electrons. The normalized spacial score (nSPS) is 12.5. The van der Waals surface area contributed by atoms with Crippen LogP contribution in [-0.2, 0) is 28.6 Å². The van der Waals surface area contributed by atoms with Gasteiger partial charge in [0.1, 0.15) is 18.2 Å². The van der Waals surface area contributed by atoms with Crippen molar-refractivity contribution in [3.63, 3.8) is 0 Å². The molecule has 0 aromatic rings. The third-order valence-electron chi connectivity index (χ3n) is 1.89. The Bertz CT molecular complexity index is 334. The molecule has 0 fully saturated rings. The Morgan fingerprint density at radius 2 is 1.74 bits per heavy atom. The Morgan fingerprint density at radius 3 is 2.16 bits per heavy atom. The number of ether oxygens (including phenoxy) is 3. The fraction of sp³-hybridized carbons (Fsp3) is 0.750. The Kier molecular flexibility index (Phi) is 7.06. The molecule has 0 heterocycles. The Morgan fingerprint density at radius 1 is 1.16 bits per heavy atom. The first-order valence-electron chi connectivity index (χ1n) is 5.77. The van der Waals surface area contributed by atoms with Crippen LogP contribution in [0.4, 0.5) is 0 Å². The van der Waals surface area contributed by atoms with Gasteiger partial charge >= 0.3 is 11.9 Å². The van der Waals surface area contributed by atoms with Gasteiger partial charge in [-0.1, -0.05) is 0 Å². The van der Waals surface area contributed by atoms with Gasteiger partial charge in [0.15, 0.2) is 0 Å². The predicted octanol–water partition coefficient (Wildman–Crippen LogP) is 0.0224. The van der Waals surface area contributed by atoms with Gasteiger partial charge in [-0.15, -0.1) is 0 Å². The van der Waals surface area contributed by atoms with Crippen LogP contribution < -0.4 is 5.32 Å². The summed E-state index contributed by atoms with van der Waals surface area (Å²) >= 11 is 0. The zero-order valence-corrected chi connectivity index (χ0v) is 11.9. The smallest absolute Gasteiger partial charge is 0.328 e. The topological polar surface area (TPSA) is 90.9 Å². The van der Waals surface area contributed by atoms with Crippen LogP contribution in [0, 0.1) is 0 Å². The summed E-state index contributed by atoms with van der Waals surface area (Å²) in [7, 11) is 2.52. The highest BCUT2D eigenvalue weighted by Crippen LogP contribution is 2.09. The third-order valence-corrected chi connectivity index (χ3v) is 1.89. The van der Waals surface area contributed by atoms with Crippen molar-refractivity contribution in [3.05, 3.63) is 0 Å². The lowest BCUT2D eigenvalue weighted by Gasteiger charge is -2.21. The Balaban J connectivity index is 4.56. The molecule has 0 spiro atoms. The van der Waals surface area contributed by atoms with E-state index in [2.05, 4.69) is 14.8 Å². The number of carbonyl (C=O) groups excluding carboxylic acids is 3. The van der Waals surface area contributed by atoms with Gasteiger partial charge in [0.25, 0.3) is 0 Å². The number of methoxy groups -OCH3 is 2. The molecule has 1 amide bonds. The van der Waals surface area contributed by atoms with Gasteiger partial charge < -0.3 is 19.5 Å². The quantitative estimate of drug-likeness (QED) is 0.687. The molecule has 0 aromatic heterocycles. The minimum absolute atomic E-state index is 0.207. The van der Waals surface area contributed by atoms with Crippen LogP contribution >= 0.6 is 0 Å². The van der Waals surface area contributed by atoms with E-state index in [1.54, 1.807) is 20.8 Å². The van der Waals surface area contributed by atoms with Gasteiger partial charge in [-0.05, 0) is 20.8 Å². The maximum Gasteiger partial charge on any atom is 0.328 e. The lowest BCUT2D eigenvalue weighted by atomic mass is 10.1. The van der Waals surface area contributed by atoms with E-state index in [0.717, 1.165) is 0 Å². The summed E-state index contributed by atoms with van der Waals surface area (Å²) in [5.41, 5.74) is -0.658. The molecule has 7 heteroatoms. The van der Waals surface area contributed by atoms with Crippen molar-refractivity contribution in [2.75, 3.05) is 20.8 Å². The summed E-state index contributed by atoms with van der Waals surface area (Å²) in [6.07, 6.45) is -0.292. The van der Waals surface area contributed by atoms with Gasteiger partial charge in [0.2, 0.25) is 5.91 Å². The number of esters is 2. The van der Waals surface area contributed by atoms with Crippen LogP contribution in [0.3, 0.4) is 0 Å². The van der Waals surface area contributed by atoms with Crippen LogP contribution in [0.5, 0.6) is 0 Å². The zero-order chi connectivity index (χ0) is 15.1. The van der Waals surface area contributed by atoms with Gasteiger partial charge in [0, 0.05) is 7.11 Å². The lowest BCUT2D eigenvalue weighted by molar-refractivity contribution is -0.159. The van der Waals surface area contributed by atoms with Crippen LogP contribution in [0.2, 0.25) is 0 Å². The minimum Gasteiger partial charge on any atom is -0.467 e. The number of rotatable bonds is 6. The SMILES string of the molecule is COCC(=O)N[C@H](CC(=O)OC(C)(C)C)C(=O)OC. The molecule has 0 unspecified atom stereocenters. The summed E-state index contributed by atoms with van der Waals surface area (Å²) in [6.45, 7) is 4.92. The molecular weight excluding hydrogens is 254 g/mol. The molecular formula is C12H21NO6. The standard InChI is InChI=1S/C12H21NO6/c1-12(2,3)19-10(15)6-8(11(16)18-5)13-9(14)7-17-4/h8H,6-7H2,1-5H3,(H,13,14)/t8-/m1/s1. The van der Waals surface area contributed by atoms with Crippen LogP contribution in [-0.4, -0.2) is 50.3 Å². The second kappa shape index (κ2) is 7.73. The zero-order valence-electron chi connectivity index (χ0n) is 11.9. The predicted molar refractivity (Wildman–Crippen MR) is 66.3 cm³/mol. The van der Waals surface area contributed by atoms with E-state index in [4.69, 9.17) is 4.74 Å². The molecule has 0 saturated heterocycles. The fourth-order valence-electron chi connectivity index (χ4n) is 1.25. The average molecular weight is 275 g/mol. The van der Waals surface area contributed by atoms with Crippen LogP contribution in [0.1, 0.15) is 27.2 Å². The van der Waals surface area contributed by atoms with Crippen molar-refractivity contribution in [3.8, 4) is 0 Å². The summed E-state index contributed by atoms with van der Waals surface area (Å²) in [5, 5.41) is 2.35. The van der Waals surface area contributed by atoms with E-state index in [0.29, 0.717) is 0 Å². The molecule has 0 bridgehead atoms. The Labute approximate surface area is 112 Å². The fourth-order valence-corrected chi connectivity index (χ4v) is 1.25. The molecule has 110 valence electrons. The number of nitrogens with one attached hydrogen (secondary N) is 1. The summed E-state index contributed by atoms with van der Waals surface area (Å²) in [6, 6.07) is -1.08. The second-order valence-corrected chi connectivity index (χ2v) is 4.87. The first kappa shape index (κ1) is 17.4. The van der Waals surface area contributed by atoms with E-state index in [9.17, 15) is 14.4 Å². The number of hydrogen-bond donors (Lipinski definition) is 1. The highest BCUT2D eigenvalue weighted by Gasteiger charge is 2.27. The molecule has 1 atom stereocenters. The van der Waals surface area contributed by atoms with Crippen molar-refractivity contribution in [2.24, 2.45) is 0 Å². The Hall–Kier alpha value is -1.63. The van der Waals surface area contributed by atoms with Crippen molar-refractivity contribution in [1.82, 2.24) is 5.32 Å². The molecule has 19 heavy (non-hydrogen) atoms. The summed E-state index contributed by atoms with van der Waals surface area (Å²) in [4.78, 5) is 34.4. The monoisotopic (exact) mass is 275 g/mol.